The number of hydrogen-bond donors (Lipinski definition) is 1. The highest BCUT2D eigenvalue weighted by Gasteiger charge is 2.50. The summed E-state index contributed by atoms with van der Waals surface area (Å²) in [6, 6.07) is 10.3. The molecule has 1 aromatic rings. The molecule has 1 aromatic carbocycles. The van der Waals surface area contributed by atoms with Crippen LogP contribution < -0.4 is 5.32 Å². The van der Waals surface area contributed by atoms with Crippen molar-refractivity contribution in [3.8, 4) is 0 Å². The number of rotatable bonds is 6. The normalized spacial score (nSPS) is 34.5. The maximum atomic E-state index is 12.1. The Morgan fingerprint density at radius 3 is 2.22 bits per heavy atom. The van der Waals surface area contributed by atoms with Gasteiger partial charge in [0.25, 0.3) is 0 Å². The summed E-state index contributed by atoms with van der Waals surface area (Å²) in [5.41, 5.74) is 1.84. The van der Waals surface area contributed by atoms with E-state index in [0.717, 1.165) is 30.7 Å². The zero-order valence-corrected chi connectivity index (χ0v) is 14.1. The van der Waals surface area contributed by atoms with Gasteiger partial charge in [0.2, 0.25) is 5.91 Å². The lowest BCUT2D eigenvalue weighted by atomic mass is 9.49. The molecule has 23 heavy (non-hydrogen) atoms. The summed E-state index contributed by atoms with van der Waals surface area (Å²) >= 11 is 0. The molecule has 4 bridgehead atoms. The Balaban J connectivity index is 1.22. The highest BCUT2D eigenvalue weighted by Crippen LogP contribution is 2.61. The lowest BCUT2D eigenvalue weighted by Gasteiger charge is -2.57. The molecule has 1 amide bonds. The molecule has 2 heteroatoms. The van der Waals surface area contributed by atoms with E-state index in [2.05, 4.69) is 17.4 Å². The Bertz CT molecular complexity index is 515. The molecule has 0 saturated heterocycles. The molecular formula is C21H29NO. The van der Waals surface area contributed by atoms with Gasteiger partial charge in [-0.05, 0) is 80.1 Å². The van der Waals surface area contributed by atoms with E-state index < -0.39 is 0 Å². The van der Waals surface area contributed by atoms with E-state index in [1.807, 2.05) is 18.2 Å². The highest BCUT2D eigenvalue weighted by atomic mass is 16.1. The molecule has 0 atom stereocenters. The zero-order chi connectivity index (χ0) is 15.7. The minimum Gasteiger partial charge on any atom is -0.356 e. The topological polar surface area (TPSA) is 29.1 Å². The van der Waals surface area contributed by atoms with E-state index in [4.69, 9.17) is 0 Å². The second kappa shape index (κ2) is 6.30. The second-order valence-corrected chi connectivity index (χ2v) is 8.50. The molecule has 0 aliphatic heterocycles. The third-order valence-corrected chi connectivity index (χ3v) is 6.63. The fraction of sp³-hybridized carbons (Fsp3) is 0.667. The molecule has 124 valence electrons. The third-order valence-electron chi connectivity index (χ3n) is 6.63. The summed E-state index contributed by atoms with van der Waals surface area (Å²) < 4.78 is 0. The van der Waals surface area contributed by atoms with Gasteiger partial charge in [0, 0.05) is 13.0 Å². The Labute approximate surface area is 140 Å². The monoisotopic (exact) mass is 311 g/mol. The minimum absolute atomic E-state index is 0.221. The maximum Gasteiger partial charge on any atom is 0.220 e. The van der Waals surface area contributed by atoms with Crippen molar-refractivity contribution in [2.45, 2.75) is 57.8 Å². The molecule has 4 saturated carbocycles. The first-order valence-electron chi connectivity index (χ1n) is 9.51. The first kappa shape index (κ1) is 15.2. The van der Waals surface area contributed by atoms with Crippen LogP contribution >= 0.6 is 0 Å². The van der Waals surface area contributed by atoms with Crippen molar-refractivity contribution in [3.05, 3.63) is 35.9 Å². The molecule has 0 spiro atoms. The Morgan fingerprint density at radius 2 is 1.61 bits per heavy atom. The molecular weight excluding hydrogens is 282 g/mol. The van der Waals surface area contributed by atoms with Gasteiger partial charge >= 0.3 is 0 Å². The average Bonchev–Trinajstić information content (AvgIpc) is 2.52. The quantitative estimate of drug-likeness (QED) is 0.832. The van der Waals surface area contributed by atoms with Gasteiger partial charge in [0.1, 0.15) is 0 Å². The van der Waals surface area contributed by atoms with Crippen LogP contribution in [0.3, 0.4) is 0 Å². The van der Waals surface area contributed by atoms with E-state index in [1.54, 1.807) is 0 Å². The largest absolute Gasteiger partial charge is 0.356 e. The van der Waals surface area contributed by atoms with Crippen molar-refractivity contribution in [1.29, 1.82) is 0 Å². The molecule has 0 aromatic heterocycles. The van der Waals surface area contributed by atoms with Gasteiger partial charge in [-0.1, -0.05) is 30.3 Å². The van der Waals surface area contributed by atoms with E-state index in [1.165, 1.54) is 50.5 Å². The van der Waals surface area contributed by atoms with Crippen molar-refractivity contribution in [2.24, 2.45) is 23.2 Å². The standard InChI is InChI=1S/C21H29NO/c23-20(7-6-16-4-2-1-3-5-16)22-9-8-21-13-17-10-18(14-21)12-19(11-17)15-21/h1-5,17-19H,6-15H2,(H,22,23). The molecule has 1 N–H and O–H groups in total. The van der Waals surface area contributed by atoms with Crippen molar-refractivity contribution in [2.75, 3.05) is 6.54 Å². The van der Waals surface area contributed by atoms with Crippen LogP contribution in [0.2, 0.25) is 0 Å². The van der Waals surface area contributed by atoms with Crippen LogP contribution in [0.15, 0.2) is 30.3 Å². The van der Waals surface area contributed by atoms with Crippen molar-refractivity contribution in [1.82, 2.24) is 5.32 Å². The van der Waals surface area contributed by atoms with Crippen LogP contribution in [0.4, 0.5) is 0 Å². The summed E-state index contributed by atoms with van der Waals surface area (Å²) in [4.78, 5) is 12.1. The fourth-order valence-corrected chi connectivity index (χ4v) is 6.05. The van der Waals surface area contributed by atoms with Gasteiger partial charge in [-0.3, -0.25) is 4.79 Å². The van der Waals surface area contributed by atoms with Gasteiger partial charge < -0.3 is 5.32 Å². The lowest BCUT2D eigenvalue weighted by molar-refractivity contribution is -0.121. The number of amides is 1. The predicted octanol–water partition coefficient (Wildman–Crippen LogP) is 4.34. The number of carbonyl (C=O) groups is 1. The number of carbonyl (C=O) groups excluding carboxylic acids is 1. The molecule has 0 unspecified atom stereocenters. The summed E-state index contributed by atoms with van der Waals surface area (Å²) in [7, 11) is 0. The Hall–Kier alpha value is -1.31. The Kier molecular flexibility index (Phi) is 4.17. The van der Waals surface area contributed by atoms with Crippen LogP contribution in [0, 0.1) is 23.2 Å². The van der Waals surface area contributed by atoms with E-state index in [0.29, 0.717) is 11.8 Å². The second-order valence-electron chi connectivity index (χ2n) is 8.50. The van der Waals surface area contributed by atoms with Crippen LogP contribution in [-0.4, -0.2) is 12.5 Å². The number of hydrogen-bond acceptors (Lipinski definition) is 1. The first-order chi connectivity index (χ1) is 11.2. The smallest absolute Gasteiger partial charge is 0.220 e. The number of aryl methyl sites for hydroxylation is 1. The van der Waals surface area contributed by atoms with Crippen molar-refractivity contribution < 1.29 is 4.79 Å². The van der Waals surface area contributed by atoms with E-state index in [9.17, 15) is 4.79 Å². The molecule has 4 aliphatic rings. The van der Waals surface area contributed by atoms with Crippen LogP contribution in [0.1, 0.15) is 56.9 Å². The molecule has 5 rings (SSSR count). The van der Waals surface area contributed by atoms with Gasteiger partial charge in [-0.15, -0.1) is 0 Å². The first-order valence-corrected chi connectivity index (χ1v) is 9.51. The Morgan fingerprint density at radius 1 is 1.00 bits per heavy atom. The molecule has 0 heterocycles. The lowest BCUT2D eigenvalue weighted by Crippen LogP contribution is -2.47. The maximum absolute atomic E-state index is 12.1. The SMILES string of the molecule is O=C(CCc1ccccc1)NCCC12CC3CC(CC(C3)C1)C2. The molecule has 4 aliphatic carbocycles. The van der Waals surface area contributed by atoms with Crippen molar-refractivity contribution >= 4 is 5.91 Å². The van der Waals surface area contributed by atoms with Crippen LogP contribution in [-0.2, 0) is 11.2 Å². The third kappa shape index (κ3) is 3.46. The van der Waals surface area contributed by atoms with E-state index >= 15 is 0 Å². The fourth-order valence-electron chi connectivity index (χ4n) is 6.05. The zero-order valence-electron chi connectivity index (χ0n) is 14.1. The number of nitrogens with one attached hydrogen (secondary N) is 1. The van der Waals surface area contributed by atoms with Gasteiger partial charge in [-0.2, -0.15) is 0 Å². The molecule has 0 radical (unpaired) electrons. The predicted molar refractivity (Wildman–Crippen MR) is 93.0 cm³/mol. The average molecular weight is 311 g/mol. The summed E-state index contributed by atoms with van der Waals surface area (Å²) in [5.74, 6) is 3.25. The highest BCUT2D eigenvalue weighted by molar-refractivity contribution is 5.76. The summed E-state index contributed by atoms with van der Waals surface area (Å²) in [6.07, 6.45) is 11.5. The molecule has 4 fully saturated rings. The molecule has 2 nitrogen and oxygen atoms in total. The van der Waals surface area contributed by atoms with Gasteiger partial charge in [-0.25, -0.2) is 0 Å². The summed E-state index contributed by atoms with van der Waals surface area (Å²) in [5, 5.41) is 3.19. The van der Waals surface area contributed by atoms with E-state index in [-0.39, 0.29) is 5.91 Å². The number of benzene rings is 1. The minimum atomic E-state index is 0.221. The van der Waals surface area contributed by atoms with Crippen LogP contribution in [0.5, 0.6) is 0 Å². The summed E-state index contributed by atoms with van der Waals surface area (Å²) in [6.45, 7) is 0.889. The van der Waals surface area contributed by atoms with Gasteiger partial charge in [0.15, 0.2) is 0 Å². The van der Waals surface area contributed by atoms with Gasteiger partial charge in [0.05, 0.1) is 0 Å². The van der Waals surface area contributed by atoms with Crippen molar-refractivity contribution in [3.63, 3.8) is 0 Å². The van der Waals surface area contributed by atoms with Crippen LogP contribution in [0.25, 0.3) is 0 Å².